The molecule has 1 amide bonds. The maximum absolute atomic E-state index is 15.0. The normalized spacial score (nSPS) is 17.2. The molecule has 0 aromatic heterocycles. The average Bonchev–Trinajstić information content (AvgIpc) is 2.57. The molecule has 1 aliphatic rings. The summed E-state index contributed by atoms with van der Waals surface area (Å²) in [6.07, 6.45) is -0.844. The van der Waals surface area contributed by atoms with E-state index in [1.807, 2.05) is 0 Å². The predicted molar refractivity (Wildman–Crippen MR) is 121 cm³/mol. The van der Waals surface area contributed by atoms with Gasteiger partial charge in [0.15, 0.2) is 0 Å². The highest BCUT2D eigenvalue weighted by Crippen LogP contribution is 2.38. The zero-order valence-corrected chi connectivity index (χ0v) is 20.6. The van der Waals surface area contributed by atoms with Gasteiger partial charge in [0.25, 0.3) is 5.92 Å². The number of benzene rings is 1. The van der Waals surface area contributed by atoms with Gasteiger partial charge in [-0.2, -0.15) is 4.40 Å². The maximum Gasteiger partial charge on any atom is 0.410 e. The molecule has 1 saturated heterocycles. The molecule has 1 aromatic rings. The third kappa shape index (κ3) is 6.80. The monoisotopic (exact) mass is 474 g/mol. The number of amides is 1. The summed E-state index contributed by atoms with van der Waals surface area (Å²) in [6, 6.07) is 3.78. The van der Waals surface area contributed by atoms with Crippen LogP contribution >= 0.6 is 0 Å². The summed E-state index contributed by atoms with van der Waals surface area (Å²) in [5, 5.41) is 0. The van der Waals surface area contributed by atoms with Crippen LogP contribution in [0.2, 0.25) is 0 Å². The Labute approximate surface area is 191 Å². The molecule has 1 fully saturated rings. The number of halogens is 3. The summed E-state index contributed by atoms with van der Waals surface area (Å²) in [5.41, 5.74) is -1.28. The van der Waals surface area contributed by atoms with Crippen LogP contribution in [0, 0.1) is 11.7 Å². The van der Waals surface area contributed by atoms with Gasteiger partial charge in [-0.1, -0.05) is 18.2 Å². The van der Waals surface area contributed by atoms with Crippen LogP contribution in [0.4, 0.5) is 18.0 Å². The molecule has 0 radical (unpaired) electrons. The van der Waals surface area contributed by atoms with Crippen LogP contribution in [0.1, 0.15) is 72.4 Å². The predicted octanol–water partition coefficient (Wildman–Crippen LogP) is 5.84. The highest BCUT2D eigenvalue weighted by atomic mass is 32.2. The Hall–Kier alpha value is -1.90. The molecule has 180 valence electrons. The first-order valence-corrected chi connectivity index (χ1v) is 11.7. The van der Waals surface area contributed by atoms with Crippen molar-refractivity contribution < 1.29 is 26.9 Å². The number of ether oxygens (including phenoxy) is 1. The summed E-state index contributed by atoms with van der Waals surface area (Å²) >= 11 is 0. The van der Waals surface area contributed by atoms with Crippen LogP contribution in [0.3, 0.4) is 0 Å². The van der Waals surface area contributed by atoms with Gasteiger partial charge in [-0.3, -0.25) is 0 Å². The number of alkyl halides is 2. The lowest BCUT2D eigenvalue weighted by Crippen LogP contribution is -2.51. The molecule has 1 aliphatic heterocycles. The standard InChI is InChI=1S/C23H33F3N2O3S/c1-15(27-32(30)22(5,6)7)17-9-8-10-18(19(17)24)23(25,26)12-11-16-13-28(14-16)20(29)31-21(2,3)4/h8-10,16H,11-14H2,1-7H3/t32-/m0/s1. The van der Waals surface area contributed by atoms with Gasteiger partial charge in [0.1, 0.15) is 22.4 Å². The van der Waals surface area contributed by atoms with Crippen molar-refractivity contribution in [2.75, 3.05) is 13.1 Å². The van der Waals surface area contributed by atoms with Crippen LogP contribution in [0.5, 0.6) is 0 Å². The molecule has 9 heteroatoms. The fourth-order valence-electron chi connectivity index (χ4n) is 3.15. The van der Waals surface area contributed by atoms with E-state index in [9.17, 15) is 22.2 Å². The second-order valence-electron chi connectivity index (χ2n) is 10.2. The van der Waals surface area contributed by atoms with Gasteiger partial charge in [-0.15, -0.1) is 0 Å². The highest BCUT2D eigenvalue weighted by Gasteiger charge is 2.39. The second-order valence-corrected chi connectivity index (χ2v) is 12.1. The van der Waals surface area contributed by atoms with Gasteiger partial charge < -0.3 is 9.64 Å². The number of carbonyl (C=O) groups is 1. The molecule has 32 heavy (non-hydrogen) atoms. The van der Waals surface area contributed by atoms with Crippen molar-refractivity contribution in [3.63, 3.8) is 0 Å². The smallest absolute Gasteiger partial charge is 0.410 e. The SMILES string of the molecule is CC(=N[S@@](=O)C(C)(C)C)c1cccc(C(F)(F)CCC2CN(C(=O)OC(C)(C)C)C2)c1F. The lowest BCUT2D eigenvalue weighted by molar-refractivity contribution is -0.0359. The van der Waals surface area contributed by atoms with Crippen molar-refractivity contribution in [1.82, 2.24) is 4.90 Å². The van der Waals surface area contributed by atoms with Gasteiger partial charge in [-0.25, -0.2) is 22.2 Å². The lowest BCUT2D eigenvalue weighted by Gasteiger charge is -2.40. The molecule has 0 saturated carbocycles. The third-order valence-corrected chi connectivity index (χ3v) is 6.49. The zero-order chi connectivity index (χ0) is 24.5. The lowest BCUT2D eigenvalue weighted by atomic mass is 9.90. The summed E-state index contributed by atoms with van der Waals surface area (Å²) in [5.74, 6) is -4.51. The fraction of sp³-hybridized carbons (Fsp3) is 0.652. The van der Waals surface area contributed by atoms with Gasteiger partial charge in [0.2, 0.25) is 0 Å². The molecule has 1 aromatic carbocycles. The van der Waals surface area contributed by atoms with E-state index in [2.05, 4.69) is 4.40 Å². The minimum atomic E-state index is -3.38. The van der Waals surface area contributed by atoms with Crippen LogP contribution in [0.15, 0.2) is 22.6 Å². The van der Waals surface area contributed by atoms with Crippen LogP contribution in [0.25, 0.3) is 0 Å². The summed E-state index contributed by atoms with van der Waals surface area (Å²) in [6.45, 7) is 12.6. The Balaban J connectivity index is 2.04. The van der Waals surface area contributed by atoms with Crippen molar-refractivity contribution in [2.45, 2.75) is 77.6 Å². The highest BCUT2D eigenvalue weighted by molar-refractivity contribution is 7.85. The van der Waals surface area contributed by atoms with E-state index in [1.54, 1.807) is 41.5 Å². The maximum atomic E-state index is 15.0. The number of likely N-dealkylation sites (tertiary alicyclic amines) is 1. The molecular formula is C23H33F3N2O3S. The molecule has 2 rings (SSSR count). The van der Waals surface area contributed by atoms with Gasteiger partial charge in [0.05, 0.1) is 16.0 Å². The number of hydrogen-bond acceptors (Lipinski definition) is 3. The minimum absolute atomic E-state index is 0.0838. The van der Waals surface area contributed by atoms with Crippen molar-refractivity contribution in [3.8, 4) is 0 Å². The Morgan fingerprint density at radius 3 is 2.31 bits per heavy atom. The topological polar surface area (TPSA) is 59.0 Å². The third-order valence-electron chi connectivity index (χ3n) is 5.00. The van der Waals surface area contributed by atoms with E-state index in [1.165, 1.54) is 24.0 Å². The van der Waals surface area contributed by atoms with Crippen LogP contribution < -0.4 is 0 Å². The number of hydrogen-bond donors (Lipinski definition) is 0. The first kappa shape index (κ1) is 26.4. The molecule has 0 bridgehead atoms. The Bertz CT molecular complexity index is 899. The molecule has 1 heterocycles. The Morgan fingerprint density at radius 2 is 1.78 bits per heavy atom. The Kier molecular flexibility index (Phi) is 7.85. The van der Waals surface area contributed by atoms with E-state index in [-0.39, 0.29) is 23.6 Å². The van der Waals surface area contributed by atoms with E-state index in [4.69, 9.17) is 4.74 Å². The molecule has 0 N–H and O–H groups in total. The van der Waals surface area contributed by atoms with Gasteiger partial charge in [-0.05, 0) is 60.8 Å². The Morgan fingerprint density at radius 1 is 1.19 bits per heavy atom. The van der Waals surface area contributed by atoms with Crippen LogP contribution in [-0.4, -0.2) is 44.4 Å². The van der Waals surface area contributed by atoms with E-state index in [0.29, 0.717) is 13.1 Å². The van der Waals surface area contributed by atoms with E-state index < -0.39 is 51.2 Å². The zero-order valence-electron chi connectivity index (χ0n) is 19.8. The molecule has 1 atom stereocenters. The van der Waals surface area contributed by atoms with Crippen LogP contribution in [-0.2, 0) is 21.6 Å². The van der Waals surface area contributed by atoms with Crippen molar-refractivity contribution in [3.05, 3.63) is 35.1 Å². The van der Waals surface area contributed by atoms with E-state index >= 15 is 0 Å². The van der Waals surface area contributed by atoms with Crippen molar-refractivity contribution in [1.29, 1.82) is 0 Å². The number of carbonyl (C=O) groups excluding carboxylic acids is 1. The summed E-state index contributed by atoms with van der Waals surface area (Å²) < 4.78 is 65.6. The molecule has 0 unspecified atom stereocenters. The van der Waals surface area contributed by atoms with Gasteiger partial charge in [0, 0.05) is 25.1 Å². The first-order chi connectivity index (χ1) is 14.5. The molecule has 0 spiro atoms. The average molecular weight is 475 g/mol. The summed E-state index contributed by atoms with van der Waals surface area (Å²) in [7, 11) is -1.63. The largest absolute Gasteiger partial charge is 0.444 e. The van der Waals surface area contributed by atoms with Crippen molar-refractivity contribution in [2.24, 2.45) is 10.3 Å². The quantitative estimate of drug-likeness (QED) is 0.487. The molecule has 5 nitrogen and oxygen atoms in total. The molecular weight excluding hydrogens is 441 g/mol. The van der Waals surface area contributed by atoms with Crippen molar-refractivity contribution >= 4 is 22.8 Å². The van der Waals surface area contributed by atoms with Gasteiger partial charge >= 0.3 is 6.09 Å². The second kappa shape index (κ2) is 9.53. The number of nitrogens with zero attached hydrogens (tertiary/aromatic N) is 2. The first-order valence-electron chi connectivity index (χ1n) is 10.6. The minimum Gasteiger partial charge on any atom is -0.444 e. The van der Waals surface area contributed by atoms with E-state index in [0.717, 1.165) is 6.07 Å². The number of rotatable bonds is 6. The fourth-order valence-corrected chi connectivity index (χ4v) is 3.77. The summed E-state index contributed by atoms with van der Waals surface area (Å²) in [4.78, 5) is 13.4. The molecule has 0 aliphatic carbocycles.